The van der Waals surface area contributed by atoms with E-state index in [9.17, 15) is 22.8 Å². The van der Waals surface area contributed by atoms with E-state index < -0.39 is 23.9 Å². The molecule has 0 aliphatic carbocycles. The second-order valence-corrected chi connectivity index (χ2v) is 7.13. The third-order valence-electron chi connectivity index (χ3n) is 4.70. The fourth-order valence-electron chi connectivity index (χ4n) is 3.36. The van der Waals surface area contributed by atoms with Gasteiger partial charge in [-0.25, -0.2) is 4.98 Å². The summed E-state index contributed by atoms with van der Waals surface area (Å²) < 4.78 is 41.3. The van der Waals surface area contributed by atoms with E-state index in [1.165, 1.54) is 25.2 Å². The van der Waals surface area contributed by atoms with Crippen LogP contribution < -0.4 is 10.6 Å². The number of amides is 2. The summed E-state index contributed by atoms with van der Waals surface area (Å²) in [5.74, 6) is -1.92. The zero-order valence-electron chi connectivity index (χ0n) is 16.9. The molecule has 0 aliphatic heterocycles. The van der Waals surface area contributed by atoms with Gasteiger partial charge in [-0.1, -0.05) is 12.1 Å². The first-order valence-corrected chi connectivity index (χ1v) is 9.26. The first-order valence-electron chi connectivity index (χ1n) is 9.26. The minimum atomic E-state index is -4.62. The lowest BCUT2D eigenvalue weighted by Crippen LogP contribution is -2.22. The second kappa shape index (κ2) is 7.81. The standard InChI is InChI=1S/C21H21F3N4O2/c1-11(2)28-16-9-8-13(10-15(16)27-20(28)21(22,23)24)18(29)26-14-7-5-6-12(3)17(14)19(30)25-4/h5-11H,1-4H3,(H,25,30)(H,26,29). The molecule has 30 heavy (non-hydrogen) atoms. The summed E-state index contributed by atoms with van der Waals surface area (Å²) in [6, 6.07) is 8.76. The zero-order chi connectivity index (χ0) is 22.2. The van der Waals surface area contributed by atoms with Crippen molar-refractivity contribution in [1.82, 2.24) is 14.9 Å². The molecular weight excluding hydrogens is 397 g/mol. The Hall–Kier alpha value is -3.36. The SMILES string of the molecule is CNC(=O)c1c(C)cccc1NC(=O)c1ccc2c(c1)nc(C(F)(F)F)n2C(C)C. The molecule has 0 spiro atoms. The number of hydrogen-bond donors (Lipinski definition) is 2. The van der Waals surface area contributed by atoms with Gasteiger partial charge in [0.05, 0.1) is 22.3 Å². The lowest BCUT2D eigenvalue weighted by atomic mass is 10.1. The molecule has 0 fully saturated rings. The van der Waals surface area contributed by atoms with Crippen LogP contribution in [0.5, 0.6) is 0 Å². The molecule has 0 saturated carbocycles. The molecule has 0 unspecified atom stereocenters. The molecule has 2 N–H and O–H groups in total. The maximum Gasteiger partial charge on any atom is 0.449 e. The molecule has 0 aliphatic rings. The molecule has 2 aromatic carbocycles. The molecule has 1 aromatic heterocycles. The summed E-state index contributed by atoms with van der Waals surface area (Å²) in [6.45, 7) is 5.01. The van der Waals surface area contributed by atoms with Crippen LogP contribution in [-0.2, 0) is 6.18 Å². The van der Waals surface area contributed by atoms with Gasteiger partial charge in [-0.15, -0.1) is 0 Å². The number of carbonyl (C=O) groups is 2. The van der Waals surface area contributed by atoms with Gasteiger partial charge in [0.25, 0.3) is 11.8 Å². The van der Waals surface area contributed by atoms with E-state index in [2.05, 4.69) is 15.6 Å². The third kappa shape index (κ3) is 3.87. The Bertz CT molecular complexity index is 1130. The highest BCUT2D eigenvalue weighted by Crippen LogP contribution is 2.34. The molecule has 0 radical (unpaired) electrons. The molecule has 9 heteroatoms. The van der Waals surface area contributed by atoms with Crippen LogP contribution in [0.2, 0.25) is 0 Å². The molecule has 158 valence electrons. The van der Waals surface area contributed by atoms with Gasteiger partial charge in [-0.2, -0.15) is 13.2 Å². The van der Waals surface area contributed by atoms with Crippen LogP contribution in [0.4, 0.5) is 18.9 Å². The number of benzene rings is 2. The number of nitrogens with zero attached hydrogens (tertiary/aromatic N) is 2. The van der Waals surface area contributed by atoms with E-state index in [0.29, 0.717) is 16.8 Å². The minimum absolute atomic E-state index is 0.0689. The average Bonchev–Trinajstić information content (AvgIpc) is 3.07. The van der Waals surface area contributed by atoms with E-state index >= 15 is 0 Å². The van der Waals surface area contributed by atoms with Crippen molar-refractivity contribution in [3.63, 3.8) is 0 Å². The Morgan fingerprint density at radius 1 is 1.10 bits per heavy atom. The maximum absolute atomic E-state index is 13.4. The fourth-order valence-corrected chi connectivity index (χ4v) is 3.36. The topological polar surface area (TPSA) is 76.0 Å². The van der Waals surface area contributed by atoms with E-state index in [4.69, 9.17) is 0 Å². The molecule has 6 nitrogen and oxygen atoms in total. The smallest absolute Gasteiger partial charge is 0.355 e. The number of hydrogen-bond acceptors (Lipinski definition) is 3. The lowest BCUT2D eigenvalue weighted by Gasteiger charge is -2.14. The van der Waals surface area contributed by atoms with Crippen LogP contribution in [0.3, 0.4) is 0 Å². The largest absolute Gasteiger partial charge is 0.449 e. The number of carbonyl (C=O) groups excluding carboxylic acids is 2. The van der Waals surface area contributed by atoms with Crippen LogP contribution >= 0.6 is 0 Å². The summed E-state index contributed by atoms with van der Waals surface area (Å²) in [5, 5.41) is 5.19. The van der Waals surface area contributed by atoms with E-state index in [-0.39, 0.29) is 22.5 Å². The Morgan fingerprint density at radius 2 is 1.80 bits per heavy atom. The Kier molecular flexibility index (Phi) is 5.56. The fraction of sp³-hybridized carbons (Fsp3) is 0.286. The van der Waals surface area contributed by atoms with Gasteiger partial charge in [0, 0.05) is 18.7 Å². The zero-order valence-corrected chi connectivity index (χ0v) is 16.9. The number of halogens is 3. The van der Waals surface area contributed by atoms with Crippen LogP contribution in [0.15, 0.2) is 36.4 Å². The van der Waals surface area contributed by atoms with Crippen molar-refractivity contribution in [3.8, 4) is 0 Å². The number of fused-ring (bicyclic) bond motifs is 1. The number of imidazole rings is 1. The van der Waals surface area contributed by atoms with Crippen LogP contribution in [0, 0.1) is 6.92 Å². The van der Waals surface area contributed by atoms with Crippen molar-refractivity contribution < 1.29 is 22.8 Å². The number of anilines is 1. The van der Waals surface area contributed by atoms with E-state index in [0.717, 1.165) is 4.57 Å². The maximum atomic E-state index is 13.4. The van der Waals surface area contributed by atoms with Crippen molar-refractivity contribution in [2.75, 3.05) is 12.4 Å². The first-order chi connectivity index (χ1) is 14.0. The number of alkyl halides is 3. The van der Waals surface area contributed by atoms with Gasteiger partial charge < -0.3 is 15.2 Å². The minimum Gasteiger partial charge on any atom is -0.355 e. The first kappa shape index (κ1) is 21.4. The summed E-state index contributed by atoms with van der Waals surface area (Å²) in [4.78, 5) is 28.6. The lowest BCUT2D eigenvalue weighted by molar-refractivity contribution is -0.147. The normalized spacial score (nSPS) is 11.7. The van der Waals surface area contributed by atoms with Crippen LogP contribution in [-0.4, -0.2) is 28.4 Å². The highest BCUT2D eigenvalue weighted by molar-refractivity contribution is 6.10. The highest BCUT2D eigenvalue weighted by Gasteiger charge is 2.38. The van der Waals surface area contributed by atoms with Gasteiger partial charge in [0.2, 0.25) is 5.82 Å². The summed E-state index contributed by atoms with van der Waals surface area (Å²) in [7, 11) is 1.48. The van der Waals surface area contributed by atoms with E-state index in [1.807, 2.05) is 0 Å². The van der Waals surface area contributed by atoms with Crippen LogP contribution in [0.1, 0.15) is 52.0 Å². The second-order valence-electron chi connectivity index (χ2n) is 7.13. The van der Waals surface area contributed by atoms with Crippen molar-refractivity contribution in [2.45, 2.75) is 33.0 Å². The number of aromatic nitrogens is 2. The highest BCUT2D eigenvalue weighted by atomic mass is 19.4. The molecule has 2 amide bonds. The Labute approximate surface area is 171 Å². The third-order valence-corrected chi connectivity index (χ3v) is 4.70. The predicted octanol–water partition coefficient (Wildman–Crippen LogP) is 4.56. The number of nitrogens with one attached hydrogen (secondary N) is 2. The predicted molar refractivity (Wildman–Crippen MR) is 108 cm³/mol. The average molecular weight is 418 g/mol. The quantitative estimate of drug-likeness (QED) is 0.652. The number of rotatable bonds is 4. The van der Waals surface area contributed by atoms with Gasteiger partial charge in [0.15, 0.2) is 0 Å². The summed E-state index contributed by atoms with van der Waals surface area (Å²) in [6.07, 6.45) is -4.62. The summed E-state index contributed by atoms with van der Waals surface area (Å²) >= 11 is 0. The molecule has 3 rings (SSSR count). The van der Waals surface area contributed by atoms with Crippen molar-refractivity contribution in [1.29, 1.82) is 0 Å². The Balaban J connectivity index is 2.02. The van der Waals surface area contributed by atoms with Crippen molar-refractivity contribution >= 4 is 28.5 Å². The van der Waals surface area contributed by atoms with Gasteiger partial charge >= 0.3 is 6.18 Å². The van der Waals surface area contributed by atoms with Gasteiger partial charge in [0.1, 0.15) is 0 Å². The molecule has 0 bridgehead atoms. The molecule has 0 saturated heterocycles. The molecule has 0 atom stereocenters. The van der Waals surface area contributed by atoms with Crippen LogP contribution in [0.25, 0.3) is 11.0 Å². The molecule has 1 heterocycles. The van der Waals surface area contributed by atoms with Gasteiger partial charge in [-0.05, 0) is 50.6 Å². The van der Waals surface area contributed by atoms with Crippen molar-refractivity contribution in [3.05, 3.63) is 58.9 Å². The number of aryl methyl sites for hydroxylation is 1. The Morgan fingerprint density at radius 3 is 2.40 bits per heavy atom. The van der Waals surface area contributed by atoms with E-state index in [1.54, 1.807) is 39.0 Å². The summed E-state index contributed by atoms with van der Waals surface area (Å²) in [5.41, 5.74) is 1.79. The molecular formula is C21H21F3N4O2. The van der Waals surface area contributed by atoms with Gasteiger partial charge in [-0.3, -0.25) is 9.59 Å². The molecule has 3 aromatic rings. The van der Waals surface area contributed by atoms with Crippen molar-refractivity contribution in [2.24, 2.45) is 0 Å². The monoisotopic (exact) mass is 418 g/mol.